The molecule has 0 heterocycles. The number of hydrogen-bond donors (Lipinski definition) is 2. The van der Waals surface area contributed by atoms with Gasteiger partial charge in [-0.1, -0.05) is 28.1 Å². The fraction of sp³-hybridized carbons (Fsp3) is 0.250. The highest BCUT2D eigenvalue weighted by Crippen LogP contribution is 2.22. The van der Waals surface area contributed by atoms with Crippen LogP contribution in [0.25, 0.3) is 0 Å². The number of halogens is 2. The lowest BCUT2D eigenvalue weighted by Gasteiger charge is -2.10. The van der Waals surface area contributed by atoms with Crippen molar-refractivity contribution in [3.8, 4) is 5.75 Å². The Morgan fingerprint density at radius 1 is 1.10 bits per heavy atom. The zero-order chi connectivity index (χ0) is 14.7. The molecule has 0 fully saturated rings. The number of phenolic OH excluding ortho intramolecular Hbond substituents is 1. The summed E-state index contributed by atoms with van der Waals surface area (Å²) in [6, 6.07) is 9.02. The molecule has 2 aromatic carbocycles. The summed E-state index contributed by atoms with van der Waals surface area (Å²) in [5.41, 5.74) is 3.19. The second kappa shape index (κ2) is 6.37. The molecule has 0 aromatic heterocycles. The van der Waals surface area contributed by atoms with Crippen LogP contribution in [0.3, 0.4) is 0 Å². The number of nitrogens with one attached hydrogen (secondary N) is 1. The average molecular weight is 338 g/mol. The Morgan fingerprint density at radius 3 is 2.40 bits per heavy atom. The molecular weight excluding hydrogens is 321 g/mol. The van der Waals surface area contributed by atoms with E-state index in [1.54, 1.807) is 26.0 Å². The predicted octanol–water partition coefficient (Wildman–Crippen LogP) is 4.20. The highest BCUT2D eigenvalue weighted by atomic mass is 79.9. The lowest BCUT2D eigenvalue weighted by atomic mass is 10.1. The zero-order valence-corrected chi connectivity index (χ0v) is 13.1. The summed E-state index contributed by atoms with van der Waals surface area (Å²) in [5, 5.41) is 13.0. The quantitative estimate of drug-likeness (QED) is 0.876. The van der Waals surface area contributed by atoms with E-state index in [4.69, 9.17) is 0 Å². The van der Waals surface area contributed by atoms with Crippen molar-refractivity contribution in [2.24, 2.45) is 0 Å². The van der Waals surface area contributed by atoms with Crippen LogP contribution in [0, 0.1) is 19.7 Å². The average Bonchev–Trinajstić information content (AvgIpc) is 2.40. The van der Waals surface area contributed by atoms with Gasteiger partial charge in [0, 0.05) is 23.1 Å². The SMILES string of the molecule is Cc1cc(CNCc2cc(Br)ccc2O)cc(C)c1F. The van der Waals surface area contributed by atoms with Crippen molar-refractivity contribution >= 4 is 15.9 Å². The van der Waals surface area contributed by atoms with E-state index in [1.807, 2.05) is 18.2 Å². The third-order valence-electron chi connectivity index (χ3n) is 3.18. The molecule has 4 heteroatoms. The van der Waals surface area contributed by atoms with Crippen molar-refractivity contribution in [2.45, 2.75) is 26.9 Å². The second-order valence-electron chi connectivity index (χ2n) is 4.92. The molecule has 0 bridgehead atoms. The fourth-order valence-electron chi connectivity index (χ4n) is 2.17. The Morgan fingerprint density at radius 2 is 1.75 bits per heavy atom. The third-order valence-corrected chi connectivity index (χ3v) is 3.68. The lowest BCUT2D eigenvalue weighted by Crippen LogP contribution is -2.13. The first kappa shape index (κ1) is 15.0. The Kier molecular flexibility index (Phi) is 4.78. The van der Waals surface area contributed by atoms with Gasteiger partial charge in [-0.25, -0.2) is 4.39 Å². The van der Waals surface area contributed by atoms with E-state index in [2.05, 4.69) is 21.2 Å². The molecule has 0 unspecified atom stereocenters. The molecule has 2 rings (SSSR count). The van der Waals surface area contributed by atoms with Gasteiger partial charge in [0.25, 0.3) is 0 Å². The van der Waals surface area contributed by atoms with E-state index in [0.29, 0.717) is 24.2 Å². The molecule has 0 amide bonds. The maximum Gasteiger partial charge on any atom is 0.129 e. The molecule has 0 atom stereocenters. The summed E-state index contributed by atoms with van der Waals surface area (Å²) in [7, 11) is 0. The summed E-state index contributed by atoms with van der Waals surface area (Å²) in [6.07, 6.45) is 0. The zero-order valence-electron chi connectivity index (χ0n) is 11.5. The van der Waals surface area contributed by atoms with Gasteiger partial charge in [0.15, 0.2) is 0 Å². The number of rotatable bonds is 4. The van der Waals surface area contributed by atoms with Crippen LogP contribution in [0.5, 0.6) is 5.75 Å². The van der Waals surface area contributed by atoms with Crippen molar-refractivity contribution in [3.63, 3.8) is 0 Å². The summed E-state index contributed by atoms with van der Waals surface area (Å²) >= 11 is 3.38. The molecule has 2 aromatic rings. The smallest absolute Gasteiger partial charge is 0.129 e. The summed E-state index contributed by atoms with van der Waals surface area (Å²) < 4.78 is 14.5. The van der Waals surface area contributed by atoms with Crippen LogP contribution in [0.1, 0.15) is 22.3 Å². The molecule has 0 aliphatic carbocycles. The summed E-state index contributed by atoms with van der Waals surface area (Å²) in [5.74, 6) is 0.130. The van der Waals surface area contributed by atoms with Crippen molar-refractivity contribution in [1.29, 1.82) is 0 Å². The molecule has 106 valence electrons. The first-order chi connectivity index (χ1) is 9.47. The minimum atomic E-state index is -0.140. The second-order valence-corrected chi connectivity index (χ2v) is 5.84. The van der Waals surface area contributed by atoms with Gasteiger partial charge in [-0.05, 0) is 48.7 Å². The van der Waals surface area contributed by atoms with E-state index in [0.717, 1.165) is 15.6 Å². The van der Waals surface area contributed by atoms with Crippen LogP contribution in [0.15, 0.2) is 34.8 Å². The van der Waals surface area contributed by atoms with Crippen molar-refractivity contribution in [2.75, 3.05) is 0 Å². The Labute approximate surface area is 126 Å². The molecule has 0 aliphatic heterocycles. The van der Waals surface area contributed by atoms with Crippen LogP contribution in [0.4, 0.5) is 4.39 Å². The van der Waals surface area contributed by atoms with Crippen molar-refractivity contribution in [1.82, 2.24) is 5.32 Å². The lowest BCUT2D eigenvalue weighted by molar-refractivity contribution is 0.464. The Bertz CT molecular complexity index is 605. The van der Waals surface area contributed by atoms with Gasteiger partial charge in [0.2, 0.25) is 0 Å². The Hall–Kier alpha value is -1.39. The number of phenols is 1. The van der Waals surface area contributed by atoms with Gasteiger partial charge < -0.3 is 10.4 Å². The number of aromatic hydroxyl groups is 1. The van der Waals surface area contributed by atoms with Gasteiger partial charge in [-0.3, -0.25) is 0 Å². The first-order valence-corrected chi connectivity index (χ1v) is 7.20. The van der Waals surface area contributed by atoms with Gasteiger partial charge in [-0.2, -0.15) is 0 Å². The minimum Gasteiger partial charge on any atom is -0.508 e. The maximum atomic E-state index is 13.5. The van der Waals surface area contributed by atoms with Gasteiger partial charge in [0.05, 0.1) is 0 Å². The molecule has 0 saturated carbocycles. The minimum absolute atomic E-state index is 0.140. The number of benzene rings is 2. The molecule has 0 spiro atoms. The first-order valence-electron chi connectivity index (χ1n) is 6.41. The standard InChI is InChI=1S/C16H17BrFNO/c1-10-5-12(6-11(2)16(10)18)8-19-9-13-7-14(17)3-4-15(13)20/h3-7,19-20H,8-9H2,1-2H3. The largest absolute Gasteiger partial charge is 0.508 e. The van der Waals surface area contributed by atoms with Crippen LogP contribution in [-0.4, -0.2) is 5.11 Å². The highest BCUT2D eigenvalue weighted by Gasteiger charge is 2.05. The van der Waals surface area contributed by atoms with Gasteiger partial charge in [-0.15, -0.1) is 0 Å². The fourth-order valence-corrected chi connectivity index (χ4v) is 2.58. The predicted molar refractivity (Wildman–Crippen MR) is 82.2 cm³/mol. The van der Waals surface area contributed by atoms with Gasteiger partial charge in [0.1, 0.15) is 11.6 Å². The van der Waals surface area contributed by atoms with E-state index in [9.17, 15) is 9.50 Å². The van der Waals surface area contributed by atoms with Crippen molar-refractivity contribution in [3.05, 3.63) is 62.9 Å². The van der Waals surface area contributed by atoms with E-state index in [1.165, 1.54) is 0 Å². The summed E-state index contributed by atoms with van der Waals surface area (Å²) in [4.78, 5) is 0. The number of hydrogen-bond acceptors (Lipinski definition) is 2. The topological polar surface area (TPSA) is 32.3 Å². The molecule has 0 radical (unpaired) electrons. The van der Waals surface area contributed by atoms with Crippen LogP contribution in [0.2, 0.25) is 0 Å². The maximum absolute atomic E-state index is 13.5. The molecule has 2 nitrogen and oxygen atoms in total. The van der Waals surface area contributed by atoms with Crippen LogP contribution < -0.4 is 5.32 Å². The Balaban J connectivity index is 2.01. The number of aryl methyl sites for hydroxylation is 2. The monoisotopic (exact) mass is 337 g/mol. The molecule has 0 saturated heterocycles. The molecular formula is C16H17BrFNO. The summed E-state index contributed by atoms with van der Waals surface area (Å²) in [6.45, 7) is 4.73. The molecule has 0 aliphatic rings. The highest BCUT2D eigenvalue weighted by molar-refractivity contribution is 9.10. The normalized spacial score (nSPS) is 10.8. The van der Waals surface area contributed by atoms with Gasteiger partial charge >= 0.3 is 0 Å². The third kappa shape index (κ3) is 3.58. The van der Waals surface area contributed by atoms with E-state index >= 15 is 0 Å². The molecule has 2 N–H and O–H groups in total. The van der Waals surface area contributed by atoms with Crippen LogP contribution >= 0.6 is 15.9 Å². The molecule has 20 heavy (non-hydrogen) atoms. The van der Waals surface area contributed by atoms with Crippen molar-refractivity contribution < 1.29 is 9.50 Å². The van der Waals surface area contributed by atoms with E-state index in [-0.39, 0.29) is 11.6 Å². The van der Waals surface area contributed by atoms with E-state index < -0.39 is 0 Å². The van der Waals surface area contributed by atoms with Crippen LogP contribution in [-0.2, 0) is 13.1 Å².